The maximum Gasteiger partial charge on any atom is 0.308 e. The number of likely N-dealkylation sites (N-methyl/N-ethyl adjacent to an activating group) is 1. The van der Waals surface area contributed by atoms with Crippen LogP contribution in [0.15, 0.2) is 0 Å². The first-order chi connectivity index (χ1) is 12.5. The number of rotatable bonds is 1. The molecule has 1 aliphatic rings. The van der Waals surface area contributed by atoms with E-state index in [4.69, 9.17) is 9.47 Å². The van der Waals surface area contributed by atoms with E-state index in [1.807, 2.05) is 13.8 Å². The highest BCUT2D eigenvalue weighted by Gasteiger charge is 2.32. The lowest BCUT2D eigenvalue weighted by atomic mass is 9.85. The molecule has 1 saturated heterocycles. The van der Waals surface area contributed by atoms with E-state index >= 15 is 0 Å². The molecule has 0 aliphatic carbocycles. The Morgan fingerprint density at radius 1 is 1.00 bits per heavy atom. The molecule has 0 amide bonds. The predicted molar refractivity (Wildman–Crippen MR) is 108 cm³/mol. The maximum atomic E-state index is 12.4. The standard InChI is InChI=1S/C22H41NO4/c1-14-9-15(2)11-17(4)22(25)26-13-18(5)21(27-20(7)24)19(6)23(8)12-16(3)10-14/h14-19,21H,9-13H2,1-8H3. The monoisotopic (exact) mass is 383 g/mol. The molecule has 5 heteroatoms. The number of cyclic esters (lactones) is 1. The van der Waals surface area contributed by atoms with Crippen molar-refractivity contribution in [2.75, 3.05) is 20.2 Å². The summed E-state index contributed by atoms with van der Waals surface area (Å²) in [5.41, 5.74) is 0. The first-order valence-electron chi connectivity index (χ1n) is 10.5. The van der Waals surface area contributed by atoms with E-state index in [2.05, 4.69) is 39.6 Å². The smallest absolute Gasteiger partial charge is 0.308 e. The van der Waals surface area contributed by atoms with Gasteiger partial charge in [-0.2, -0.15) is 0 Å². The fraction of sp³-hybridized carbons (Fsp3) is 0.909. The van der Waals surface area contributed by atoms with Crippen LogP contribution >= 0.6 is 0 Å². The Hall–Kier alpha value is -1.10. The number of esters is 2. The topological polar surface area (TPSA) is 55.8 Å². The van der Waals surface area contributed by atoms with Crippen molar-refractivity contribution >= 4 is 11.9 Å². The van der Waals surface area contributed by atoms with Crippen LogP contribution in [-0.4, -0.2) is 49.2 Å². The molecular formula is C22H41NO4. The molecule has 0 spiro atoms. The molecular weight excluding hydrogens is 342 g/mol. The molecule has 7 atom stereocenters. The first-order valence-corrected chi connectivity index (χ1v) is 10.5. The van der Waals surface area contributed by atoms with Gasteiger partial charge in [-0.25, -0.2) is 0 Å². The summed E-state index contributed by atoms with van der Waals surface area (Å²) in [6, 6.07) is 0.0573. The molecule has 1 heterocycles. The molecule has 27 heavy (non-hydrogen) atoms. The Balaban J connectivity index is 3.00. The van der Waals surface area contributed by atoms with Gasteiger partial charge in [0.05, 0.1) is 12.5 Å². The molecule has 0 aromatic rings. The van der Waals surface area contributed by atoms with Crippen molar-refractivity contribution in [2.24, 2.45) is 29.6 Å². The Morgan fingerprint density at radius 3 is 2.15 bits per heavy atom. The van der Waals surface area contributed by atoms with Crippen molar-refractivity contribution in [3.8, 4) is 0 Å². The Bertz CT molecular complexity index is 481. The van der Waals surface area contributed by atoms with Crippen molar-refractivity contribution in [3.05, 3.63) is 0 Å². The van der Waals surface area contributed by atoms with Crippen LogP contribution in [0.5, 0.6) is 0 Å². The Kier molecular flexibility index (Phi) is 9.78. The van der Waals surface area contributed by atoms with E-state index in [-0.39, 0.29) is 42.5 Å². The number of ether oxygens (including phenoxy) is 2. The fourth-order valence-electron chi connectivity index (χ4n) is 4.58. The van der Waals surface area contributed by atoms with Gasteiger partial charge >= 0.3 is 11.9 Å². The van der Waals surface area contributed by atoms with Crippen molar-refractivity contribution in [1.82, 2.24) is 4.90 Å². The van der Waals surface area contributed by atoms with E-state index in [1.54, 1.807) is 0 Å². The molecule has 0 radical (unpaired) electrons. The quantitative estimate of drug-likeness (QED) is 0.637. The lowest BCUT2D eigenvalue weighted by Crippen LogP contribution is -2.47. The van der Waals surface area contributed by atoms with Crippen LogP contribution in [0.4, 0.5) is 0 Å². The molecule has 0 aromatic heterocycles. The third-order valence-electron chi connectivity index (χ3n) is 5.89. The summed E-state index contributed by atoms with van der Waals surface area (Å²) in [6.45, 7) is 15.5. The zero-order chi connectivity index (χ0) is 20.7. The van der Waals surface area contributed by atoms with Crippen molar-refractivity contribution in [2.45, 2.75) is 79.9 Å². The average molecular weight is 384 g/mol. The lowest BCUT2D eigenvalue weighted by molar-refractivity contribution is -0.158. The van der Waals surface area contributed by atoms with Crippen LogP contribution in [0.3, 0.4) is 0 Å². The van der Waals surface area contributed by atoms with Gasteiger partial charge in [-0.3, -0.25) is 14.5 Å². The van der Waals surface area contributed by atoms with Crippen LogP contribution in [0, 0.1) is 29.6 Å². The molecule has 0 N–H and O–H groups in total. The summed E-state index contributed by atoms with van der Waals surface area (Å²) in [6.07, 6.45) is 2.85. The van der Waals surface area contributed by atoms with Gasteiger partial charge < -0.3 is 9.47 Å². The second-order valence-corrected chi connectivity index (χ2v) is 9.29. The zero-order valence-electron chi connectivity index (χ0n) is 18.7. The number of hydrogen-bond donors (Lipinski definition) is 0. The van der Waals surface area contributed by atoms with E-state index in [0.29, 0.717) is 17.8 Å². The fourth-order valence-corrected chi connectivity index (χ4v) is 4.58. The normalized spacial score (nSPS) is 38.4. The van der Waals surface area contributed by atoms with E-state index < -0.39 is 0 Å². The number of hydrogen-bond acceptors (Lipinski definition) is 5. The third kappa shape index (κ3) is 8.20. The van der Waals surface area contributed by atoms with Crippen LogP contribution in [0.2, 0.25) is 0 Å². The van der Waals surface area contributed by atoms with Crippen molar-refractivity contribution in [1.29, 1.82) is 0 Å². The van der Waals surface area contributed by atoms with Crippen LogP contribution in [-0.2, 0) is 19.1 Å². The second kappa shape index (κ2) is 11.0. The second-order valence-electron chi connectivity index (χ2n) is 9.29. The van der Waals surface area contributed by atoms with E-state index in [9.17, 15) is 9.59 Å². The van der Waals surface area contributed by atoms with E-state index in [0.717, 1.165) is 25.8 Å². The van der Waals surface area contributed by atoms with Gasteiger partial charge in [-0.1, -0.05) is 34.6 Å². The highest BCUT2D eigenvalue weighted by molar-refractivity contribution is 5.72. The van der Waals surface area contributed by atoms with Crippen LogP contribution in [0.1, 0.15) is 67.7 Å². The summed E-state index contributed by atoms with van der Waals surface area (Å²) >= 11 is 0. The van der Waals surface area contributed by atoms with Gasteiger partial charge in [0.25, 0.3) is 0 Å². The maximum absolute atomic E-state index is 12.4. The third-order valence-corrected chi connectivity index (χ3v) is 5.89. The summed E-state index contributed by atoms with van der Waals surface area (Å²) in [5, 5.41) is 0. The van der Waals surface area contributed by atoms with Gasteiger partial charge in [-0.05, 0) is 51.0 Å². The van der Waals surface area contributed by atoms with Gasteiger partial charge in [0.15, 0.2) is 0 Å². The van der Waals surface area contributed by atoms with Crippen LogP contribution < -0.4 is 0 Å². The minimum absolute atomic E-state index is 0.0562. The number of nitrogens with zero attached hydrogens (tertiary/aromatic N) is 1. The molecule has 7 unspecified atom stereocenters. The van der Waals surface area contributed by atoms with Gasteiger partial charge in [0.1, 0.15) is 6.10 Å². The number of carbonyl (C=O) groups excluding carboxylic acids is 2. The highest BCUT2D eigenvalue weighted by Crippen LogP contribution is 2.27. The molecule has 158 valence electrons. The van der Waals surface area contributed by atoms with Crippen molar-refractivity contribution in [3.63, 3.8) is 0 Å². The predicted octanol–water partition coefficient (Wildman–Crippen LogP) is 4.15. The minimum Gasteiger partial charge on any atom is -0.465 e. The Labute approximate surface area is 166 Å². The molecule has 1 rings (SSSR count). The SMILES string of the molecule is CC(=O)OC1C(C)COC(=O)C(C)CC(C)CC(C)CC(C)CN(C)C1C. The zero-order valence-corrected chi connectivity index (χ0v) is 18.7. The Morgan fingerprint density at radius 2 is 1.56 bits per heavy atom. The molecule has 1 aliphatic heterocycles. The van der Waals surface area contributed by atoms with Gasteiger partial charge in [0, 0.05) is 25.4 Å². The number of carbonyl (C=O) groups is 2. The van der Waals surface area contributed by atoms with E-state index in [1.165, 1.54) is 6.92 Å². The summed E-state index contributed by atoms with van der Waals surface area (Å²) in [7, 11) is 2.09. The van der Waals surface area contributed by atoms with Gasteiger partial charge in [0.2, 0.25) is 0 Å². The minimum atomic E-state index is -0.302. The van der Waals surface area contributed by atoms with Gasteiger partial charge in [-0.15, -0.1) is 0 Å². The molecule has 1 fully saturated rings. The molecule has 5 nitrogen and oxygen atoms in total. The van der Waals surface area contributed by atoms with Crippen molar-refractivity contribution < 1.29 is 19.1 Å². The molecule has 0 aromatic carbocycles. The average Bonchev–Trinajstić information content (AvgIpc) is 2.54. The molecule has 0 bridgehead atoms. The summed E-state index contributed by atoms with van der Waals surface area (Å²) < 4.78 is 11.2. The molecule has 0 saturated carbocycles. The lowest BCUT2D eigenvalue weighted by Gasteiger charge is -2.36. The highest BCUT2D eigenvalue weighted by atomic mass is 16.6. The van der Waals surface area contributed by atoms with Crippen LogP contribution in [0.25, 0.3) is 0 Å². The summed E-state index contributed by atoms with van der Waals surface area (Å²) in [5.74, 6) is 1.09. The summed E-state index contributed by atoms with van der Waals surface area (Å²) in [4.78, 5) is 26.3. The first kappa shape index (κ1) is 23.9. The largest absolute Gasteiger partial charge is 0.465 e.